The maximum absolute atomic E-state index is 8.91. The molecule has 0 atom stereocenters. The summed E-state index contributed by atoms with van der Waals surface area (Å²) in [5.74, 6) is 0. The zero-order valence-electron chi connectivity index (χ0n) is 8.50. The van der Waals surface area contributed by atoms with Gasteiger partial charge in [0, 0.05) is 18.8 Å². The largest absolute Gasteiger partial charge is 0.399 e. The lowest BCUT2D eigenvalue weighted by Crippen LogP contribution is -2.26. The predicted octanol–water partition coefficient (Wildman–Crippen LogP) is 2.39. The van der Waals surface area contributed by atoms with Gasteiger partial charge in [-0.1, -0.05) is 23.2 Å². The molecule has 3 nitrogen and oxygen atoms in total. The molecule has 1 aromatic rings. The van der Waals surface area contributed by atoms with Crippen LogP contribution in [0.2, 0.25) is 10.0 Å². The number of hydrogen-bond donors (Lipinski definition) is 2. The Bertz CT molecular complexity index is 321. The number of hydrogen-bond acceptors (Lipinski definition) is 3. The van der Waals surface area contributed by atoms with Crippen LogP contribution in [-0.4, -0.2) is 24.8 Å². The van der Waals surface area contributed by atoms with E-state index < -0.39 is 0 Å². The van der Waals surface area contributed by atoms with Crippen molar-refractivity contribution in [3.8, 4) is 0 Å². The standard InChI is InChI=1S/C10H14Cl2N2O/c1-2-14(3-4-15)10-8(11)5-7(13)6-9(10)12/h5-6,15H,2-4,13H2,1H3. The molecule has 0 fully saturated rings. The normalized spacial score (nSPS) is 10.4. The van der Waals surface area contributed by atoms with Gasteiger partial charge in [0.05, 0.1) is 22.3 Å². The van der Waals surface area contributed by atoms with Crippen molar-refractivity contribution >= 4 is 34.6 Å². The number of aliphatic hydroxyl groups excluding tert-OH is 1. The third-order valence-electron chi connectivity index (χ3n) is 2.11. The van der Waals surface area contributed by atoms with Crippen LogP contribution in [0.25, 0.3) is 0 Å². The lowest BCUT2D eigenvalue weighted by Gasteiger charge is -2.24. The van der Waals surface area contributed by atoms with E-state index in [9.17, 15) is 0 Å². The van der Waals surface area contributed by atoms with E-state index >= 15 is 0 Å². The van der Waals surface area contributed by atoms with Crippen LogP contribution in [0, 0.1) is 0 Å². The van der Waals surface area contributed by atoms with Gasteiger partial charge in [0.2, 0.25) is 0 Å². The quantitative estimate of drug-likeness (QED) is 0.805. The fraction of sp³-hybridized carbons (Fsp3) is 0.400. The second-order valence-corrected chi connectivity index (χ2v) is 3.95. The minimum atomic E-state index is 0.0604. The molecule has 0 spiro atoms. The molecule has 1 rings (SSSR count). The average molecular weight is 249 g/mol. The van der Waals surface area contributed by atoms with Crippen molar-refractivity contribution in [2.45, 2.75) is 6.92 Å². The molecule has 15 heavy (non-hydrogen) atoms. The number of nitrogen functional groups attached to an aromatic ring is 1. The monoisotopic (exact) mass is 248 g/mol. The number of benzene rings is 1. The summed E-state index contributed by atoms with van der Waals surface area (Å²) in [6.07, 6.45) is 0. The van der Waals surface area contributed by atoms with Crippen molar-refractivity contribution in [2.24, 2.45) is 0 Å². The topological polar surface area (TPSA) is 49.5 Å². The van der Waals surface area contributed by atoms with Crippen molar-refractivity contribution in [3.05, 3.63) is 22.2 Å². The summed E-state index contributed by atoms with van der Waals surface area (Å²) in [6.45, 7) is 3.26. The maximum atomic E-state index is 8.91. The highest BCUT2D eigenvalue weighted by Gasteiger charge is 2.13. The summed E-state index contributed by atoms with van der Waals surface area (Å²) in [6, 6.07) is 3.31. The van der Waals surface area contributed by atoms with E-state index in [2.05, 4.69) is 0 Å². The molecule has 3 N–H and O–H groups in total. The van der Waals surface area contributed by atoms with Gasteiger partial charge in [-0.2, -0.15) is 0 Å². The van der Waals surface area contributed by atoms with Crippen molar-refractivity contribution in [1.82, 2.24) is 0 Å². The van der Waals surface area contributed by atoms with Gasteiger partial charge in [-0.3, -0.25) is 0 Å². The SMILES string of the molecule is CCN(CCO)c1c(Cl)cc(N)cc1Cl. The molecule has 0 unspecified atom stereocenters. The Labute approximate surface area is 99.4 Å². The van der Waals surface area contributed by atoms with Crippen LogP contribution in [0.15, 0.2) is 12.1 Å². The van der Waals surface area contributed by atoms with Crippen LogP contribution >= 0.6 is 23.2 Å². The second-order valence-electron chi connectivity index (χ2n) is 3.14. The molecule has 84 valence electrons. The van der Waals surface area contributed by atoms with E-state index in [0.717, 1.165) is 12.2 Å². The fourth-order valence-corrected chi connectivity index (χ4v) is 2.18. The number of likely N-dealkylation sites (N-methyl/N-ethyl adjacent to an activating group) is 1. The smallest absolute Gasteiger partial charge is 0.0747 e. The zero-order chi connectivity index (χ0) is 11.4. The third-order valence-corrected chi connectivity index (χ3v) is 2.68. The van der Waals surface area contributed by atoms with Crippen molar-refractivity contribution < 1.29 is 5.11 Å². The van der Waals surface area contributed by atoms with Crippen molar-refractivity contribution in [1.29, 1.82) is 0 Å². The van der Waals surface area contributed by atoms with E-state index in [1.165, 1.54) is 0 Å². The summed E-state index contributed by atoms with van der Waals surface area (Å²) >= 11 is 12.1. The zero-order valence-corrected chi connectivity index (χ0v) is 10.0. The molecule has 0 saturated heterocycles. The van der Waals surface area contributed by atoms with Gasteiger partial charge < -0.3 is 15.7 Å². The molecular weight excluding hydrogens is 235 g/mol. The van der Waals surface area contributed by atoms with Gasteiger partial charge in [-0.25, -0.2) is 0 Å². The first-order chi connectivity index (χ1) is 7.10. The molecule has 0 aliphatic heterocycles. The minimum Gasteiger partial charge on any atom is -0.399 e. The highest BCUT2D eigenvalue weighted by molar-refractivity contribution is 6.39. The lowest BCUT2D eigenvalue weighted by molar-refractivity contribution is 0.302. The van der Waals surface area contributed by atoms with Gasteiger partial charge >= 0.3 is 0 Å². The third kappa shape index (κ3) is 2.91. The van der Waals surface area contributed by atoms with Crippen LogP contribution in [0.1, 0.15) is 6.92 Å². The molecule has 0 amide bonds. The van der Waals surface area contributed by atoms with Crippen LogP contribution in [0.4, 0.5) is 11.4 Å². The van der Waals surface area contributed by atoms with Crippen LogP contribution in [0.3, 0.4) is 0 Å². The first-order valence-corrected chi connectivity index (χ1v) is 5.46. The van der Waals surface area contributed by atoms with E-state index in [1.54, 1.807) is 12.1 Å². The molecule has 0 radical (unpaired) electrons. The Hall–Kier alpha value is -0.640. The second kappa shape index (κ2) is 5.45. The van der Waals surface area contributed by atoms with Gasteiger partial charge in [-0.05, 0) is 19.1 Å². The number of anilines is 2. The number of aliphatic hydroxyl groups is 1. The van der Waals surface area contributed by atoms with Gasteiger partial charge in [-0.15, -0.1) is 0 Å². The van der Waals surface area contributed by atoms with E-state index in [1.807, 2.05) is 11.8 Å². The first kappa shape index (κ1) is 12.4. The van der Waals surface area contributed by atoms with Crippen molar-refractivity contribution in [2.75, 3.05) is 30.3 Å². The van der Waals surface area contributed by atoms with Gasteiger partial charge in [0.15, 0.2) is 0 Å². The minimum absolute atomic E-state index is 0.0604. The molecule has 5 heteroatoms. The molecule has 0 bridgehead atoms. The Morgan fingerprint density at radius 1 is 1.33 bits per heavy atom. The summed E-state index contributed by atoms with van der Waals surface area (Å²) in [4.78, 5) is 1.91. The summed E-state index contributed by atoms with van der Waals surface area (Å²) in [5, 5.41) is 9.93. The number of halogens is 2. The Morgan fingerprint density at radius 2 is 1.87 bits per heavy atom. The average Bonchev–Trinajstić information content (AvgIpc) is 2.14. The predicted molar refractivity (Wildman–Crippen MR) is 65.8 cm³/mol. The van der Waals surface area contributed by atoms with E-state index in [0.29, 0.717) is 22.3 Å². The van der Waals surface area contributed by atoms with Gasteiger partial charge in [0.1, 0.15) is 0 Å². The number of nitrogens with two attached hydrogens (primary N) is 1. The molecule has 0 aliphatic carbocycles. The highest BCUT2D eigenvalue weighted by atomic mass is 35.5. The molecule has 0 aromatic heterocycles. The number of rotatable bonds is 4. The molecule has 0 aliphatic rings. The summed E-state index contributed by atoms with van der Waals surface area (Å²) < 4.78 is 0. The Morgan fingerprint density at radius 3 is 2.27 bits per heavy atom. The molecule has 1 aromatic carbocycles. The Kier molecular flexibility index (Phi) is 4.51. The number of nitrogens with zero attached hydrogens (tertiary/aromatic N) is 1. The molecule has 0 heterocycles. The highest BCUT2D eigenvalue weighted by Crippen LogP contribution is 2.35. The van der Waals surface area contributed by atoms with Crippen LogP contribution < -0.4 is 10.6 Å². The van der Waals surface area contributed by atoms with Crippen molar-refractivity contribution in [3.63, 3.8) is 0 Å². The first-order valence-electron chi connectivity index (χ1n) is 4.70. The maximum Gasteiger partial charge on any atom is 0.0747 e. The Balaban J connectivity index is 3.11. The van der Waals surface area contributed by atoms with E-state index in [4.69, 9.17) is 34.0 Å². The van der Waals surface area contributed by atoms with Crippen LogP contribution in [0.5, 0.6) is 0 Å². The van der Waals surface area contributed by atoms with E-state index in [-0.39, 0.29) is 6.61 Å². The fourth-order valence-electron chi connectivity index (χ4n) is 1.44. The summed E-state index contributed by atoms with van der Waals surface area (Å²) in [5.41, 5.74) is 6.87. The lowest BCUT2D eigenvalue weighted by atomic mass is 10.2. The summed E-state index contributed by atoms with van der Waals surface area (Å²) in [7, 11) is 0. The molecule has 0 saturated carbocycles. The molecular formula is C10H14Cl2N2O. The van der Waals surface area contributed by atoms with Crippen LogP contribution in [-0.2, 0) is 0 Å². The van der Waals surface area contributed by atoms with Gasteiger partial charge in [0.25, 0.3) is 0 Å².